The molecule has 2 nitrogen and oxygen atoms in total. The fourth-order valence-corrected chi connectivity index (χ4v) is 9.03. The van der Waals surface area contributed by atoms with Gasteiger partial charge < -0.3 is 5.32 Å². The smallest absolute Gasteiger partial charge is 0.220 e. The summed E-state index contributed by atoms with van der Waals surface area (Å²) in [5.41, 5.74) is 0.807. The maximum absolute atomic E-state index is 12.2. The molecule has 1 heterocycles. The summed E-state index contributed by atoms with van der Waals surface area (Å²) >= 11 is 0. The molecule has 4 aliphatic rings. The first-order chi connectivity index (χ1) is 15.2. The summed E-state index contributed by atoms with van der Waals surface area (Å²) in [7, 11) is 0. The van der Waals surface area contributed by atoms with Crippen LogP contribution >= 0.6 is 0 Å². The summed E-state index contributed by atoms with van der Waals surface area (Å²) in [6.45, 7) is 20.8. The van der Waals surface area contributed by atoms with Crippen molar-refractivity contribution in [3.05, 3.63) is 12.7 Å². The molecule has 7 unspecified atom stereocenters. The summed E-state index contributed by atoms with van der Waals surface area (Å²) < 4.78 is 0. The first-order valence-corrected chi connectivity index (χ1v) is 14.1. The molecule has 1 saturated heterocycles. The van der Waals surface area contributed by atoms with Crippen LogP contribution in [0.2, 0.25) is 0 Å². The highest BCUT2D eigenvalue weighted by atomic mass is 16.1. The van der Waals surface area contributed by atoms with Crippen molar-refractivity contribution in [1.29, 1.82) is 0 Å². The number of hydrogen-bond donors (Lipinski definition) is 1. The van der Waals surface area contributed by atoms with Crippen LogP contribution < -0.4 is 5.32 Å². The van der Waals surface area contributed by atoms with Gasteiger partial charge >= 0.3 is 0 Å². The number of fused-ring (bicyclic) bond motifs is 5. The Labute approximate surface area is 199 Å². The molecule has 0 aromatic rings. The summed E-state index contributed by atoms with van der Waals surface area (Å²) in [6, 6.07) is 0.361. The third kappa shape index (κ3) is 4.46. The first kappa shape index (κ1) is 25.8. The first-order valence-electron chi connectivity index (χ1n) is 14.1. The van der Waals surface area contributed by atoms with E-state index in [0.717, 1.165) is 54.8 Å². The maximum atomic E-state index is 12.2. The summed E-state index contributed by atoms with van der Waals surface area (Å²) in [5, 5.41) is 3.40. The van der Waals surface area contributed by atoms with Gasteiger partial charge in [-0.25, -0.2) is 0 Å². The van der Waals surface area contributed by atoms with E-state index in [1.807, 2.05) is 13.8 Å². The van der Waals surface area contributed by atoms with E-state index < -0.39 is 0 Å². The van der Waals surface area contributed by atoms with Crippen LogP contribution in [0, 0.1) is 52.3 Å². The predicted octanol–water partition coefficient (Wildman–Crippen LogP) is 8.02. The number of allylic oxidation sites excluding steroid dienone is 1. The van der Waals surface area contributed by atoms with Gasteiger partial charge in [-0.05, 0) is 90.8 Å². The molecule has 184 valence electrons. The highest BCUT2D eigenvalue weighted by molar-refractivity contribution is 5.77. The predicted molar refractivity (Wildman–Crippen MR) is 137 cm³/mol. The van der Waals surface area contributed by atoms with E-state index >= 15 is 0 Å². The maximum Gasteiger partial charge on any atom is 0.220 e. The summed E-state index contributed by atoms with van der Waals surface area (Å²) in [5.74, 6) is 5.84. The molecule has 1 amide bonds. The van der Waals surface area contributed by atoms with Gasteiger partial charge in [-0.2, -0.15) is 0 Å². The van der Waals surface area contributed by atoms with Crippen molar-refractivity contribution in [3.8, 4) is 0 Å². The van der Waals surface area contributed by atoms with Gasteiger partial charge in [0, 0.05) is 12.5 Å². The molecule has 9 atom stereocenters. The van der Waals surface area contributed by atoms with Crippen molar-refractivity contribution in [3.63, 3.8) is 0 Å². The monoisotopic (exact) mass is 443 g/mol. The number of piperidine rings is 1. The van der Waals surface area contributed by atoms with E-state index in [0.29, 0.717) is 22.8 Å². The molecule has 0 radical (unpaired) electrons. The SMILES string of the molecule is C=C[C@H]1CC2NC(=O)CC[C@]2(C)C2CCC3(C)C(C(C)CCCC(C)C)CCC3C21.CC. The molecule has 3 aliphatic carbocycles. The molecular formula is C30H53NO. The van der Waals surface area contributed by atoms with Crippen molar-refractivity contribution < 1.29 is 4.79 Å². The summed E-state index contributed by atoms with van der Waals surface area (Å²) in [4.78, 5) is 12.2. The molecule has 4 rings (SSSR count). The Bertz CT molecular complexity index is 655. The second-order valence-corrected chi connectivity index (χ2v) is 12.6. The number of carbonyl (C=O) groups excluding carboxylic acids is 1. The zero-order valence-corrected chi connectivity index (χ0v) is 22.4. The van der Waals surface area contributed by atoms with Gasteiger partial charge in [0.05, 0.1) is 0 Å². The lowest BCUT2D eigenvalue weighted by atomic mass is 9.44. The lowest BCUT2D eigenvalue weighted by molar-refractivity contribution is -0.142. The largest absolute Gasteiger partial charge is 0.353 e. The van der Waals surface area contributed by atoms with Crippen LogP contribution in [0.4, 0.5) is 0 Å². The van der Waals surface area contributed by atoms with E-state index in [1.54, 1.807) is 0 Å². The van der Waals surface area contributed by atoms with Gasteiger partial charge in [-0.15, -0.1) is 6.58 Å². The molecule has 0 bridgehead atoms. The highest BCUT2D eigenvalue weighted by Gasteiger charge is 2.62. The average molecular weight is 444 g/mol. The third-order valence-corrected chi connectivity index (χ3v) is 10.7. The van der Waals surface area contributed by atoms with Crippen molar-refractivity contribution in [2.45, 2.75) is 119 Å². The quantitative estimate of drug-likeness (QED) is 0.414. The second kappa shape index (κ2) is 10.2. The normalized spacial score (nSPS) is 43.8. The number of amides is 1. The third-order valence-electron chi connectivity index (χ3n) is 10.7. The minimum Gasteiger partial charge on any atom is -0.353 e. The van der Waals surface area contributed by atoms with Crippen molar-refractivity contribution in [2.24, 2.45) is 52.3 Å². The van der Waals surface area contributed by atoms with Gasteiger partial charge in [-0.1, -0.05) is 73.8 Å². The van der Waals surface area contributed by atoms with Gasteiger partial charge in [-0.3, -0.25) is 4.79 Å². The minimum absolute atomic E-state index is 0.274. The molecule has 0 spiro atoms. The van der Waals surface area contributed by atoms with Gasteiger partial charge in [0.25, 0.3) is 0 Å². The van der Waals surface area contributed by atoms with Crippen LogP contribution in [0.3, 0.4) is 0 Å². The zero-order chi connectivity index (χ0) is 23.7. The van der Waals surface area contributed by atoms with E-state index in [4.69, 9.17) is 0 Å². The Kier molecular flexibility index (Phi) is 8.25. The number of hydrogen-bond acceptors (Lipinski definition) is 1. The highest BCUT2D eigenvalue weighted by Crippen LogP contribution is 2.68. The second-order valence-electron chi connectivity index (χ2n) is 12.6. The van der Waals surface area contributed by atoms with Crippen LogP contribution in [-0.2, 0) is 4.79 Å². The van der Waals surface area contributed by atoms with E-state index in [1.165, 1.54) is 44.9 Å². The summed E-state index contributed by atoms with van der Waals surface area (Å²) in [6.07, 6.45) is 15.0. The van der Waals surface area contributed by atoms with E-state index in [-0.39, 0.29) is 5.91 Å². The Hall–Kier alpha value is -0.790. The molecule has 0 aromatic carbocycles. The Morgan fingerprint density at radius 1 is 1.03 bits per heavy atom. The number of nitrogens with one attached hydrogen (secondary N) is 1. The van der Waals surface area contributed by atoms with Crippen molar-refractivity contribution >= 4 is 5.91 Å². The lowest BCUT2D eigenvalue weighted by Gasteiger charge is -2.62. The molecule has 0 aromatic heterocycles. The molecular weight excluding hydrogens is 390 g/mol. The van der Waals surface area contributed by atoms with Crippen molar-refractivity contribution in [1.82, 2.24) is 5.32 Å². The Morgan fingerprint density at radius 2 is 1.72 bits per heavy atom. The number of rotatable bonds is 6. The van der Waals surface area contributed by atoms with Gasteiger partial charge in [0.15, 0.2) is 0 Å². The topological polar surface area (TPSA) is 29.1 Å². The lowest BCUT2D eigenvalue weighted by Crippen LogP contribution is -2.63. The van der Waals surface area contributed by atoms with Crippen LogP contribution in [-0.4, -0.2) is 11.9 Å². The van der Waals surface area contributed by atoms with Gasteiger partial charge in [0.1, 0.15) is 0 Å². The Morgan fingerprint density at radius 3 is 2.38 bits per heavy atom. The molecule has 2 heteroatoms. The fraction of sp³-hybridized carbons (Fsp3) is 0.900. The molecule has 32 heavy (non-hydrogen) atoms. The number of carbonyl (C=O) groups is 1. The van der Waals surface area contributed by atoms with Gasteiger partial charge in [0.2, 0.25) is 5.91 Å². The fourth-order valence-electron chi connectivity index (χ4n) is 9.03. The van der Waals surface area contributed by atoms with Crippen LogP contribution in [0.25, 0.3) is 0 Å². The molecule has 4 fully saturated rings. The van der Waals surface area contributed by atoms with Crippen LogP contribution in [0.15, 0.2) is 12.7 Å². The average Bonchev–Trinajstić information content (AvgIpc) is 3.12. The Balaban J connectivity index is 0.00000141. The molecule has 1 aliphatic heterocycles. The van der Waals surface area contributed by atoms with Crippen LogP contribution in [0.1, 0.15) is 113 Å². The molecule has 1 N–H and O–H groups in total. The zero-order valence-electron chi connectivity index (χ0n) is 22.4. The standard InChI is InChI=1S/C28H47NO.C2H6/c1-7-20-17-24-28(6,16-14-25(30)29-24)23-13-15-27(5)21(11-12-22(27)26(20)23)19(4)10-8-9-18(2)3;1-2/h7,18-24,26H,1,8-17H2,2-6H3,(H,29,30);1-2H3/t19?,20-,21?,22?,23?,24?,26?,27?,28+;/m0./s1. The minimum atomic E-state index is 0.274. The van der Waals surface area contributed by atoms with Crippen LogP contribution in [0.5, 0.6) is 0 Å². The van der Waals surface area contributed by atoms with E-state index in [2.05, 4.69) is 52.6 Å². The van der Waals surface area contributed by atoms with E-state index in [9.17, 15) is 4.79 Å². The molecule has 3 saturated carbocycles. The van der Waals surface area contributed by atoms with Crippen molar-refractivity contribution in [2.75, 3.05) is 0 Å².